The van der Waals surface area contributed by atoms with Crippen LogP contribution in [0.25, 0.3) is 10.1 Å². The van der Waals surface area contributed by atoms with Gasteiger partial charge in [0, 0.05) is 23.3 Å². The lowest BCUT2D eigenvalue weighted by molar-refractivity contribution is 0.0623. The molecule has 1 fully saturated rings. The topological polar surface area (TPSA) is 55.6 Å². The summed E-state index contributed by atoms with van der Waals surface area (Å²) in [4.78, 5) is 15.7. The van der Waals surface area contributed by atoms with Gasteiger partial charge in [0.15, 0.2) is 0 Å². The van der Waals surface area contributed by atoms with Crippen LogP contribution >= 0.6 is 11.3 Å². The smallest absolute Gasteiger partial charge is 0.264 e. The minimum Gasteiger partial charge on any atom is -0.497 e. The van der Waals surface area contributed by atoms with Crippen molar-refractivity contribution in [3.8, 4) is 5.75 Å². The molecule has 0 saturated carbocycles. The van der Waals surface area contributed by atoms with Crippen molar-refractivity contribution < 1.29 is 9.53 Å². The van der Waals surface area contributed by atoms with Gasteiger partial charge in [-0.1, -0.05) is 0 Å². The number of nitrogens with zero attached hydrogens (tertiary/aromatic N) is 1. The number of hydrogen-bond acceptors (Lipinski definition) is 4. The molecule has 2 heterocycles. The Hall–Kier alpha value is -1.59. The van der Waals surface area contributed by atoms with Gasteiger partial charge >= 0.3 is 0 Å². The number of amides is 1. The summed E-state index contributed by atoms with van der Waals surface area (Å²) in [7, 11) is 1.66. The van der Waals surface area contributed by atoms with Gasteiger partial charge in [0.25, 0.3) is 5.91 Å². The minimum atomic E-state index is 0.136. The second-order valence-corrected chi connectivity index (χ2v) is 7.10. The Balaban J connectivity index is 1.95. The molecule has 1 aliphatic heterocycles. The number of carbonyl (C=O) groups is 1. The third kappa shape index (κ3) is 2.59. The van der Waals surface area contributed by atoms with Crippen molar-refractivity contribution in [1.82, 2.24) is 4.90 Å². The van der Waals surface area contributed by atoms with Gasteiger partial charge in [0.2, 0.25) is 0 Å². The lowest BCUT2D eigenvalue weighted by Crippen LogP contribution is -2.48. The van der Waals surface area contributed by atoms with E-state index in [1.165, 1.54) is 0 Å². The van der Waals surface area contributed by atoms with E-state index >= 15 is 0 Å². The van der Waals surface area contributed by atoms with E-state index in [1.54, 1.807) is 18.4 Å². The van der Waals surface area contributed by atoms with E-state index in [4.69, 9.17) is 10.5 Å². The monoisotopic (exact) mass is 318 g/mol. The normalized spacial score (nSPS) is 22.1. The van der Waals surface area contributed by atoms with Crippen LogP contribution in [0.4, 0.5) is 0 Å². The van der Waals surface area contributed by atoms with Crippen LogP contribution in [0.15, 0.2) is 18.2 Å². The first-order valence-electron chi connectivity index (χ1n) is 7.65. The number of piperidine rings is 1. The number of ether oxygens (including phenoxy) is 1. The Morgan fingerprint density at radius 2 is 2.23 bits per heavy atom. The van der Waals surface area contributed by atoms with Crippen LogP contribution in [0, 0.1) is 6.92 Å². The number of methoxy groups -OCH3 is 1. The second-order valence-electron chi connectivity index (χ2n) is 6.05. The van der Waals surface area contributed by atoms with Crippen molar-refractivity contribution >= 4 is 27.3 Å². The first kappa shape index (κ1) is 15.3. The van der Waals surface area contributed by atoms with Crippen LogP contribution in [0.5, 0.6) is 5.75 Å². The molecule has 0 bridgehead atoms. The molecule has 22 heavy (non-hydrogen) atoms. The van der Waals surface area contributed by atoms with Gasteiger partial charge in [-0.2, -0.15) is 0 Å². The van der Waals surface area contributed by atoms with Crippen LogP contribution in [-0.2, 0) is 0 Å². The molecular formula is C17H22N2O2S. The predicted octanol–water partition coefficient (Wildman–Crippen LogP) is 3.17. The average Bonchev–Trinajstić information content (AvgIpc) is 2.83. The zero-order chi connectivity index (χ0) is 15.9. The largest absolute Gasteiger partial charge is 0.497 e. The molecule has 5 heteroatoms. The molecule has 1 aromatic heterocycles. The first-order chi connectivity index (χ1) is 10.5. The maximum absolute atomic E-state index is 12.9. The van der Waals surface area contributed by atoms with Crippen molar-refractivity contribution in [2.75, 3.05) is 13.7 Å². The van der Waals surface area contributed by atoms with Gasteiger partial charge in [0.1, 0.15) is 5.75 Å². The molecule has 0 radical (unpaired) electrons. The Bertz CT molecular complexity index is 710. The summed E-state index contributed by atoms with van der Waals surface area (Å²) in [5.74, 6) is 0.960. The second kappa shape index (κ2) is 5.89. The van der Waals surface area contributed by atoms with E-state index in [0.717, 1.165) is 45.7 Å². The fourth-order valence-corrected chi connectivity index (χ4v) is 4.32. The van der Waals surface area contributed by atoms with Crippen molar-refractivity contribution in [2.45, 2.75) is 38.8 Å². The fraction of sp³-hybridized carbons (Fsp3) is 0.471. The van der Waals surface area contributed by atoms with E-state index in [-0.39, 0.29) is 18.0 Å². The number of likely N-dealkylation sites (tertiary alicyclic amines) is 1. The molecule has 2 aromatic rings. The summed E-state index contributed by atoms with van der Waals surface area (Å²) in [6.45, 7) is 4.85. The molecular weight excluding hydrogens is 296 g/mol. The highest BCUT2D eigenvalue weighted by Gasteiger charge is 2.29. The maximum Gasteiger partial charge on any atom is 0.264 e. The summed E-state index contributed by atoms with van der Waals surface area (Å²) in [5.41, 5.74) is 7.05. The van der Waals surface area contributed by atoms with Crippen LogP contribution < -0.4 is 10.5 Å². The van der Waals surface area contributed by atoms with E-state index in [9.17, 15) is 4.79 Å². The predicted molar refractivity (Wildman–Crippen MR) is 90.8 cm³/mol. The van der Waals surface area contributed by atoms with Gasteiger partial charge in [0.05, 0.1) is 12.0 Å². The first-order valence-corrected chi connectivity index (χ1v) is 8.46. The van der Waals surface area contributed by atoms with Crippen LogP contribution in [-0.4, -0.2) is 36.5 Å². The number of nitrogens with two attached hydrogens (primary N) is 1. The minimum absolute atomic E-state index is 0.136. The van der Waals surface area contributed by atoms with E-state index < -0.39 is 0 Å². The lowest BCUT2D eigenvalue weighted by Gasteiger charge is -2.36. The SMILES string of the molecule is COc1ccc2sc(C(=O)N3CCC(N)CC3C)c(C)c2c1. The summed E-state index contributed by atoms with van der Waals surface area (Å²) in [6, 6.07) is 6.39. The lowest BCUT2D eigenvalue weighted by atomic mass is 9.98. The molecule has 2 unspecified atom stereocenters. The Morgan fingerprint density at radius 1 is 1.45 bits per heavy atom. The summed E-state index contributed by atoms with van der Waals surface area (Å²) < 4.78 is 6.42. The standard InChI is InChI=1S/C17H22N2O2S/c1-10-8-12(18)6-7-19(10)17(20)16-11(2)14-9-13(21-3)4-5-15(14)22-16/h4-5,9-10,12H,6-8,18H2,1-3H3. The number of carbonyl (C=O) groups excluding carboxylic acids is 1. The summed E-state index contributed by atoms with van der Waals surface area (Å²) >= 11 is 1.57. The van der Waals surface area contributed by atoms with Crippen molar-refractivity contribution in [2.24, 2.45) is 5.73 Å². The quantitative estimate of drug-likeness (QED) is 0.925. The molecule has 1 amide bonds. The Kier molecular flexibility index (Phi) is 4.10. The molecule has 3 rings (SSSR count). The van der Waals surface area contributed by atoms with E-state index in [1.807, 2.05) is 30.0 Å². The zero-order valence-corrected chi connectivity index (χ0v) is 14.1. The van der Waals surface area contributed by atoms with Crippen LogP contribution in [0.1, 0.15) is 35.0 Å². The number of benzene rings is 1. The summed E-state index contributed by atoms with van der Waals surface area (Å²) in [5, 5.41) is 1.11. The van der Waals surface area contributed by atoms with E-state index in [2.05, 4.69) is 6.92 Å². The number of fused-ring (bicyclic) bond motifs is 1. The third-order valence-corrected chi connectivity index (χ3v) is 5.78. The number of thiophene rings is 1. The average molecular weight is 318 g/mol. The number of rotatable bonds is 2. The molecule has 4 nitrogen and oxygen atoms in total. The number of aryl methyl sites for hydroxylation is 1. The Morgan fingerprint density at radius 3 is 2.91 bits per heavy atom. The number of hydrogen-bond donors (Lipinski definition) is 1. The van der Waals surface area contributed by atoms with Gasteiger partial charge in [-0.25, -0.2) is 0 Å². The van der Waals surface area contributed by atoms with Gasteiger partial charge in [-0.3, -0.25) is 4.79 Å². The fourth-order valence-electron chi connectivity index (χ4n) is 3.17. The van der Waals surface area contributed by atoms with E-state index in [0.29, 0.717) is 0 Å². The molecule has 2 atom stereocenters. The molecule has 118 valence electrons. The third-order valence-electron chi connectivity index (χ3n) is 4.52. The van der Waals surface area contributed by atoms with Crippen molar-refractivity contribution in [3.05, 3.63) is 28.6 Å². The molecule has 1 aromatic carbocycles. The van der Waals surface area contributed by atoms with Crippen LogP contribution in [0.2, 0.25) is 0 Å². The van der Waals surface area contributed by atoms with Crippen molar-refractivity contribution in [3.63, 3.8) is 0 Å². The Labute approximate surface area is 134 Å². The summed E-state index contributed by atoms with van der Waals surface area (Å²) in [6.07, 6.45) is 1.76. The molecule has 0 spiro atoms. The maximum atomic E-state index is 12.9. The van der Waals surface area contributed by atoms with Crippen LogP contribution in [0.3, 0.4) is 0 Å². The van der Waals surface area contributed by atoms with Gasteiger partial charge in [-0.15, -0.1) is 11.3 Å². The highest BCUT2D eigenvalue weighted by Crippen LogP contribution is 2.35. The molecule has 0 aliphatic carbocycles. The molecule has 1 aliphatic rings. The highest BCUT2D eigenvalue weighted by molar-refractivity contribution is 7.21. The van der Waals surface area contributed by atoms with Gasteiger partial charge < -0.3 is 15.4 Å². The highest BCUT2D eigenvalue weighted by atomic mass is 32.1. The van der Waals surface area contributed by atoms with Crippen molar-refractivity contribution in [1.29, 1.82) is 0 Å². The molecule has 1 saturated heterocycles. The zero-order valence-electron chi connectivity index (χ0n) is 13.3. The van der Waals surface area contributed by atoms with Gasteiger partial charge in [-0.05, 0) is 55.8 Å². The molecule has 2 N–H and O–H groups in total.